The lowest BCUT2D eigenvalue weighted by Crippen LogP contribution is -2.53. The average Bonchev–Trinajstić information content (AvgIpc) is 2.10. The topological polar surface area (TPSA) is 87.7 Å². The number of hydrogen-bond donors (Lipinski definition) is 3. The number of hydrogen-bond acceptors (Lipinski definition) is 3. The van der Waals surface area contributed by atoms with Gasteiger partial charge in [0.25, 0.3) is 0 Å². The molecule has 1 aliphatic carbocycles. The first kappa shape index (κ1) is 11.8. The number of methoxy groups -OCH3 is 1. The molecular formula is C9H16N2O4. The van der Waals surface area contributed by atoms with Crippen molar-refractivity contribution in [1.29, 1.82) is 0 Å². The number of carbonyl (C=O) groups is 2. The van der Waals surface area contributed by atoms with Gasteiger partial charge < -0.3 is 20.5 Å². The maximum Gasteiger partial charge on any atom is 0.325 e. The van der Waals surface area contributed by atoms with Crippen LogP contribution in [0, 0.1) is 0 Å². The number of rotatable bonds is 4. The van der Waals surface area contributed by atoms with Gasteiger partial charge >= 0.3 is 12.0 Å². The zero-order chi connectivity index (χ0) is 11.4. The van der Waals surface area contributed by atoms with Crippen molar-refractivity contribution in [2.75, 3.05) is 7.11 Å². The fraction of sp³-hybridized carbons (Fsp3) is 0.778. The molecule has 1 aliphatic rings. The predicted octanol–water partition coefficient (Wildman–Crippen LogP) is -0.0639. The van der Waals surface area contributed by atoms with Crippen LogP contribution >= 0.6 is 0 Å². The Kier molecular flexibility index (Phi) is 3.90. The minimum Gasteiger partial charge on any atom is -0.480 e. The summed E-state index contributed by atoms with van der Waals surface area (Å²) in [5, 5.41) is 13.5. The molecule has 1 saturated carbocycles. The number of ether oxygens (including phenoxy) is 1. The lowest BCUT2D eigenvalue weighted by Gasteiger charge is -2.34. The Balaban J connectivity index is 2.17. The van der Waals surface area contributed by atoms with Crippen LogP contribution in [-0.4, -0.2) is 42.4 Å². The Morgan fingerprint density at radius 2 is 2.07 bits per heavy atom. The number of carbonyl (C=O) groups excluding carboxylic acids is 1. The highest BCUT2D eigenvalue weighted by molar-refractivity contribution is 5.82. The molecule has 0 aromatic heterocycles. The van der Waals surface area contributed by atoms with Crippen molar-refractivity contribution in [2.24, 2.45) is 0 Å². The first-order valence-electron chi connectivity index (χ1n) is 4.85. The van der Waals surface area contributed by atoms with E-state index in [9.17, 15) is 9.59 Å². The van der Waals surface area contributed by atoms with Gasteiger partial charge in [-0.2, -0.15) is 0 Å². The van der Waals surface area contributed by atoms with E-state index in [1.807, 2.05) is 0 Å². The molecule has 0 aliphatic heterocycles. The molecule has 2 amide bonds. The normalized spacial score (nSPS) is 26.3. The van der Waals surface area contributed by atoms with Crippen LogP contribution in [0.15, 0.2) is 0 Å². The van der Waals surface area contributed by atoms with E-state index >= 15 is 0 Å². The van der Waals surface area contributed by atoms with Crippen LogP contribution in [0.1, 0.15) is 19.8 Å². The van der Waals surface area contributed by atoms with E-state index in [0.717, 1.165) is 12.8 Å². The van der Waals surface area contributed by atoms with Gasteiger partial charge in [-0.15, -0.1) is 0 Å². The first-order chi connectivity index (χ1) is 7.02. The number of amides is 2. The van der Waals surface area contributed by atoms with Crippen molar-refractivity contribution in [3.8, 4) is 0 Å². The molecule has 0 aromatic carbocycles. The van der Waals surface area contributed by atoms with Crippen molar-refractivity contribution < 1.29 is 19.4 Å². The van der Waals surface area contributed by atoms with Gasteiger partial charge in [-0.1, -0.05) is 0 Å². The van der Waals surface area contributed by atoms with Gasteiger partial charge in [0.05, 0.1) is 6.10 Å². The van der Waals surface area contributed by atoms with Crippen molar-refractivity contribution in [1.82, 2.24) is 10.6 Å². The summed E-state index contributed by atoms with van der Waals surface area (Å²) in [6.45, 7) is 1.42. The molecule has 1 fully saturated rings. The van der Waals surface area contributed by atoms with E-state index in [0.29, 0.717) is 0 Å². The molecule has 15 heavy (non-hydrogen) atoms. The SMILES string of the molecule is COC1CC(NC(=O)NC(C)C(=O)O)C1. The zero-order valence-electron chi connectivity index (χ0n) is 8.82. The quantitative estimate of drug-likeness (QED) is 0.614. The standard InChI is InChI=1S/C9H16N2O4/c1-5(8(12)13)10-9(14)11-6-3-7(4-6)15-2/h5-7H,3-4H2,1-2H3,(H,12,13)(H2,10,11,14). The third kappa shape index (κ3) is 3.39. The van der Waals surface area contributed by atoms with E-state index < -0.39 is 18.0 Å². The lowest BCUT2D eigenvalue weighted by molar-refractivity contribution is -0.138. The Hall–Kier alpha value is -1.30. The molecule has 6 heteroatoms. The van der Waals surface area contributed by atoms with Gasteiger partial charge in [0.15, 0.2) is 0 Å². The Morgan fingerprint density at radius 1 is 1.47 bits per heavy atom. The maximum atomic E-state index is 11.2. The summed E-state index contributed by atoms with van der Waals surface area (Å²) in [6.07, 6.45) is 1.78. The van der Waals surface area contributed by atoms with Gasteiger partial charge in [0.2, 0.25) is 0 Å². The first-order valence-corrected chi connectivity index (χ1v) is 4.85. The van der Waals surface area contributed by atoms with Crippen LogP contribution in [0.4, 0.5) is 4.79 Å². The molecule has 0 heterocycles. The van der Waals surface area contributed by atoms with Gasteiger partial charge in [-0.25, -0.2) is 4.79 Å². The highest BCUT2D eigenvalue weighted by Gasteiger charge is 2.30. The fourth-order valence-corrected chi connectivity index (χ4v) is 1.36. The maximum absolute atomic E-state index is 11.2. The van der Waals surface area contributed by atoms with E-state index in [4.69, 9.17) is 9.84 Å². The van der Waals surface area contributed by atoms with E-state index in [2.05, 4.69) is 10.6 Å². The Labute approximate surface area is 88.0 Å². The van der Waals surface area contributed by atoms with Crippen molar-refractivity contribution in [3.63, 3.8) is 0 Å². The second-order valence-electron chi connectivity index (χ2n) is 3.70. The van der Waals surface area contributed by atoms with Gasteiger partial charge in [-0.05, 0) is 19.8 Å². The number of aliphatic carboxylic acids is 1. The van der Waals surface area contributed by atoms with Gasteiger partial charge in [-0.3, -0.25) is 4.79 Å². The largest absolute Gasteiger partial charge is 0.480 e. The lowest BCUT2D eigenvalue weighted by atomic mass is 9.89. The van der Waals surface area contributed by atoms with E-state index in [1.165, 1.54) is 6.92 Å². The van der Waals surface area contributed by atoms with Crippen LogP contribution in [0.3, 0.4) is 0 Å². The Morgan fingerprint density at radius 3 is 2.53 bits per heavy atom. The highest BCUT2D eigenvalue weighted by Crippen LogP contribution is 2.22. The fourth-order valence-electron chi connectivity index (χ4n) is 1.36. The van der Waals surface area contributed by atoms with Crippen LogP contribution in [0.25, 0.3) is 0 Å². The van der Waals surface area contributed by atoms with Crippen molar-refractivity contribution in [3.05, 3.63) is 0 Å². The molecule has 6 nitrogen and oxygen atoms in total. The monoisotopic (exact) mass is 216 g/mol. The number of nitrogens with one attached hydrogen (secondary N) is 2. The molecular weight excluding hydrogens is 200 g/mol. The van der Waals surface area contributed by atoms with Crippen LogP contribution in [0.5, 0.6) is 0 Å². The van der Waals surface area contributed by atoms with Crippen LogP contribution in [0.2, 0.25) is 0 Å². The van der Waals surface area contributed by atoms with Gasteiger partial charge in [0, 0.05) is 13.2 Å². The van der Waals surface area contributed by atoms with Crippen LogP contribution in [-0.2, 0) is 9.53 Å². The summed E-state index contributed by atoms with van der Waals surface area (Å²) in [7, 11) is 1.63. The zero-order valence-corrected chi connectivity index (χ0v) is 8.82. The second-order valence-corrected chi connectivity index (χ2v) is 3.70. The molecule has 1 atom stereocenters. The number of urea groups is 1. The average molecular weight is 216 g/mol. The number of carboxylic acids is 1. The highest BCUT2D eigenvalue weighted by atomic mass is 16.5. The molecule has 1 unspecified atom stereocenters. The third-order valence-electron chi connectivity index (χ3n) is 2.48. The van der Waals surface area contributed by atoms with Gasteiger partial charge in [0.1, 0.15) is 6.04 Å². The molecule has 1 rings (SSSR count). The summed E-state index contributed by atoms with van der Waals surface area (Å²) in [4.78, 5) is 21.7. The summed E-state index contributed by atoms with van der Waals surface area (Å²) < 4.78 is 5.05. The summed E-state index contributed by atoms with van der Waals surface area (Å²) in [5.41, 5.74) is 0. The van der Waals surface area contributed by atoms with Crippen LogP contribution < -0.4 is 10.6 Å². The summed E-state index contributed by atoms with van der Waals surface area (Å²) >= 11 is 0. The van der Waals surface area contributed by atoms with E-state index in [-0.39, 0.29) is 12.1 Å². The molecule has 0 aromatic rings. The second kappa shape index (κ2) is 4.97. The predicted molar refractivity (Wildman–Crippen MR) is 52.6 cm³/mol. The minimum absolute atomic E-state index is 0.0935. The van der Waals surface area contributed by atoms with E-state index in [1.54, 1.807) is 7.11 Å². The summed E-state index contributed by atoms with van der Waals surface area (Å²) in [5.74, 6) is -1.05. The number of carboxylic acid groups (broad SMARTS) is 1. The third-order valence-corrected chi connectivity index (χ3v) is 2.48. The molecule has 86 valence electrons. The van der Waals surface area contributed by atoms with Crippen molar-refractivity contribution in [2.45, 2.75) is 38.0 Å². The summed E-state index contributed by atoms with van der Waals surface area (Å²) in [6, 6.07) is -1.22. The Bertz CT molecular complexity index is 250. The molecule has 3 N–H and O–H groups in total. The molecule has 0 bridgehead atoms. The molecule has 0 saturated heterocycles. The molecule has 0 radical (unpaired) electrons. The smallest absolute Gasteiger partial charge is 0.325 e. The molecule has 0 spiro atoms. The minimum atomic E-state index is -1.05. The van der Waals surface area contributed by atoms with Crippen molar-refractivity contribution >= 4 is 12.0 Å².